The Morgan fingerprint density at radius 1 is 1.07 bits per heavy atom. The van der Waals surface area contributed by atoms with Crippen LogP contribution < -0.4 is 14.9 Å². The van der Waals surface area contributed by atoms with Gasteiger partial charge in [-0.25, -0.2) is 13.2 Å². The number of carbonyl (C=O) groups excluding carboxylic acids is 1. The predicted molar refractivity (Wildman–Crippen MR) is 116 cm³/mol. The summed E-state index contributed by atoms with van der Waals surface area (Å²) in [6, 6.07) is 17.4. The second kappa shape index (κ2) is 8.26. The number of fused-ring (bicyclic) bond motifs is 1. The number of hydrogen-bond donors (Lipinski definition) is 2. The van der Waals surface area contributed by atoms with Crippen molar-refractivity contribution in [1.29, 1.82) is 0 Å². The van der Waals surface area contributed by atoms with Gasteiger partial charge in [0, 0.05) is 17.1 Å². The molecular weight excluding hydrogens is 406 g/mol. The van der Waals surface area contributed by atoms with E-state index in [2.05, 4.69) is 10.6 Å². The summed E-state index contributed by atoms with van der Waals surface area (Å²) in [5, 5.41) is 7.61. The van der Waals surface area contributed by atoms with E-state index >= 15 is 0 Å². The van der Waals surface area contributed by atoms with Crippen molar-refractivity contribution in [3.05, 3.63) is 76.5 Å². The molecule has 0 unspecified atom stereocenters. The normalized spacial score (nSPS) is 13.6. The second-order valence-electron chi connectivity index (χ2n) is 6.72. The summed E-state index contributed by atoms with van der Waals surface area (Å²) in [6.07, 6.45) is 1.50. The van der Waals surface area contributed by atoms with Crippen LogP contribution in [-0.2, 0) is 23.0 Å². The number of nitrogens with zero attached hydrogens (tertiary/aromatic N) is 1. The van der Waals surface area contributed by atoms with E-state index in [1.54, 1.807) is 53.8 Å². The van der Waals surface area contributed by atoms with Crippen LogP contribution in [0.2, 0.25) is 0 Å². The number of urea groups is 1. The molecule has 0 spiro atoms. The number of hydrogen-bond acceptors (Lipinski definition) is 4. The molecule has 1 aliphatic heterocycles. The lowest BCUT2D eigenvalue weighted by Crippen LogP contribution is -2.35. The van der Waals surface area contributed by atoms with Crippen LogP contribution in [-0.4, -0.2) is 21.0 Å². The SMILES string of the molecule is O=C(NCc1cccs1)Nc1ccc2c(c1)CCCN2S(=O)(=O)c1ccccc1. The summed E-state index contributed by atoms with van der Waals surface area (Å²) in [5.41, 5.74) is 2.22. The molecule has 6 nitrogen and oxygen atoms in total. The van der Waals surface area contributed by atoms with Crippen molar-refractivity contribution in [3.63, 3.8) is 0 Å². The van der Waals surface area contributed by atoms with Gasteiger partial charge in [-0.05, 0) is 60.2 Å². The topological polar surface area (TPSA) is 78.5 Å². The van der Waals surface area contributed by atoms with Crippen LogP contribution in [0.5, 0.6) is 0 Å². The Bertz CT molecular complexity index is 1100. The van der Waals surface area contributed by atoms with Crippen LogP contribution in [0.3, 0.4) is 0 Å². The largest absolute Gasteiger partial charge is 0.333 e. The van der Waals surface area contributed by atoms with Gasteiger partial charge in [0.25, 0.3) is 10.0 Å². The number of amides is 2. The minimum Gasteiger partial charge on any atom is -0.333 e. The molecular formula is C21H21N3O3S2. The fraction of sp³-hybridized carbons (Fsp3) is 0.190. The zero-order valence-corrected chi connectivity index (χ0v) is 17.3. The molecule has 0 aliphatic carbocycles. The Labute approximate surface area is 174 Å². The zero-order chi connectivity index (χ0) is 20.3. The summed E-state index contributed by atoms with van der Waals surface area (Å²) >= 11 is 1.59. The summed E-state index contributed by atoms with van der Waals surface area (Å²) in [5.74, 6) is 0. The van der Waals surface area contributed by atoms with E-state index < -0.39 is 10.0 Å². The van der Waals surface area contributed by atoms with Crippen LogP contribution in [0.25, 0.3) is 0 Å². The van der Waals surface area contributed by atoms with Crippen LogP contribution in [0.4, 0.5) is 16.2 Å². The van der Waals surface area contributed by atoms with E-state index in [-0.39, 0.29) is 10.9 Å². The Hall–Kier alpha value is -2.84. The summed E-state index contributed by atoms with van der Waals surface area (Å²) < 4.78 is 27.6. The van der Waals surface area contributed by atoms with Crippen molar-refractivity contribution in [2.75, 3.05) is 16.2 Å². The molecule has 2 N–H and O–H groups in total. The Morgan fingerprint density at radius 3 is 2.66 bits per heavy atom. The van der Waals surface area contributed by atoms with Gasteiger partial charge >= 0.3 is 6.03 Å². The number of sulfonamides is 1. The van der Waals surface area contributed by atoms with Gasteiger partial charge in [-0.1, -0.05) is 24.3 Å². The third-order valence-electron chi connectivity index (χ3n) is 4.75. The standard InChI is InChI=1S/C21H21N3O3S2/c25-21(22-15-18-7-5-13-28-18)23-17-10-11-20-16(14-17)6-4-12-24(20)29(26,27)19-8-2-1-3-9-19/h1-3,5,7-11,13-14H,4,6,12,15H2,(H2,22,23,25). The Balaban J connectivity index is 1.50. The molecule has 0 fully saturated rings. The molecule has 3 aromatic rings. The summed E-state index contributed by atoms with van der Waals surface area (Å²) in [7, 11) is -3.61. The van der Waals surface area contributed by atoms with Crippen molar-refractivity contribution in [1.82, 2.24) is 5.32 Å². The summed E-state index contributed by atoms with van der Waals surface area (Å²) in [4.78, 5) is 13.5. The molecule has 150 valence electrons. The fourth-order valence-corrected chi connectivity index (χ4v) is 5.57. The Kier molecular flexibility index (Phi) is 5.55. The van der Waals surface area contributed by atoms with Gasteiger partial charge in [0.05, 0.1) is 17.1 Å². The van der Waals surface area contributed by atoms with Crippen molar-refractivity contribution in [2.45, 2.75) is 24.3 Å². The first kappa shape index (κ1) is 19.5. The minimum absolute atomic E-state index is 0.281. The van der Waals surface area contributed by atoms with Gasteiger partial charge in [-0.3, -0.25) is 4.31 Å². The van der Waals surface area contributed by atoms with E-state index in [1.165, 1.54) is 4.31 Å². The highest BCUT2D eigenvalue weighted by Crippen LogP contribution is 2.33. The number of carbonyl (C=O) groups is 1. The molecule has 0 saturated carbocycles. The minimum atomic E-state index is -3.61. The number of thiophene rings is 1. The van der Waals surface area contributed by atoms with E-state index in [4.69, 9.17) is 0 Å². The van der Waals surface area contributed by atoms with Gasteiger partial charge in [0.2, 0.25) is 0 Å². The third kappa shape index (κ3) is 4.28. The molecule has 2 amide bonds. The first-order chi connectivity index (χ1) is 14.0. The van der Waals surface area contributed by atoms with Crippen LogP contribution in [0.15, 0.2) is 70.9 Å². The summed E-state index contributed by atoms with van der Waals surface area (Å²) in [6.45, 7) is 0.913. The highest BCUT2D eigenvalue weighted by Gasteiger charge is 2.29. The zero-order valence-electron chi connectivity index (χ0n) is 15.7. The number of anilines is 2. The number of aryl methyl sites for hydroxylation is 1. The molecule has 4 rings (SSSR count). The second-order valence-corrected chi connectivity index (χ2v) is 9.62. The maximum absolute atomic E-state index is 13.1. The number of nitrogens with one attached hydrogen (secondary N) is 2. The van der Waals surface area contributed by atoms with Crippen LogP contribution in [0.1, 0.15) is 16.9 Å². The maximum atomic E-state index is 13.1. The van der Waals surface area contributed by atoms with E-state index in [0.29, 0.717) is 24.5 Å². The quantitative estimate of drug-likeness (QED) is 0.640. The van der Waals surface area contributed by atoms with Crippen molar-refractivity contribution in [3.8, 4) is 0 Å². The van der Waals surface area contributed by atoms with Crippen molar-refractivity contribution in [2.24, 2.45) is 0 Å². The van der Waals surface area contributed by atoms with Gasteiger partial charge in [0.1, 0.15) is 0 Å². The molecule has 29 heavy (non-hydrogen) atoms. The highest BCUT2D eigenvalue weighted by atomic mass is 32.2. The molecule has 0 bridgehead atoms. The Morgan fingerprint density at radius 2 is 1.90 bits per heavy atom. The molecule has 2 heterocycles. The lowest BCUT2D eigenvalue weighted by Gasteiger charge is -2.30. The average Bonchev–Trinajstić information content (AvgIpc) is 3.26. The average molecular weight is 428 g/mol. The molecule has 0 atom stereocenters. The van der Waals surface area contributed by atoms with Gasteiger partial charge in [0.15, 0.2) is 0 Å². The monoisotopic (exact) mass is 427 g/mol. The van der Waals surface area contributed by atoms with Gasteiger partial charge in [-0.2, -0.15) is 0 Å². The van der Waals surface area contributed by atoms with E-state index in [0.717, 1.165) is 23.3 Å². The van der Waals surface area contributed by atoms with E-state index in [1.807, 2.05) is 23.6 Å². The van der Waals surface area contributed by atoms with Gasteiger partial charge in [-0.15, -0.1) is 11.3 Å². The first-order valence-corrected chi connectivity index (χ1v) is 11.6. The fourth-order valence-electron chi connectivity index (χ4n) is 3.37. The third-order valence-corrected chi connectivity index (χ3v) is 7.45. The first-order valence-electron chi connectivity index (χ1n) is 9.32. The maximum Gasteiger partial charge on any atom is 0.319 e. The number of rotatable bonds is 5. The van der Waals surface area contributed by atoms with Crippen molar-refractivity contribution >= 4 is 38.8 Å². The predicted octanol–water partition coefficient (Wildman–Crippen LogP) is 4.21. The number of benzene rings is 2. The lowest BCUT2D eigenvalue weighted by atomic mass is 10.0. The van der Waals surface area contributed by atoms with Crippen LogP contribution >= 0.6 is 11.3 Å². The molecule has 2 aromatic carbocycles. The molecule has 1 aromatic heterocycles. The van der Waals surface area contributed by atoms with Gasteiger partial charge < -0.3 is 10.6 Å². The van der Waals surface area contributed by atoms with Crippen molar-refractivity contribution < 1.29 is 13.2 Å². The molecule has 8 heteroatoms. The van der Waals surface area contributed by atoms with Crippen LogP contribution in [0, 0.1) is 0 Å². The molecule has 0 radical (unpaired) electrons. The lowest BCUT2D eigenvalue weighted by molar-refractivity contribution is 0.252. The van der Waals surface area contributed by atoms with E-state index in [9.17, 15) is 13.2 Å². The highest BCUT2D eigenvalue weighted by molar-refractivity contribution is 7.92. The molecule has 1 aliphatic rings. The smallest absolute Gasteiger partial charge is 0.319 e. The molecule has 0 saturated heterocycles.